The maximum atomic E-state index is 13.4. The molecule has 1 amide bonds. The number of rotatable bonds is 6. The van der Waals surface area contributed by atoms with Gasteiger partial charge in [0, 0.05) is 23.6 Å². The first-order chi connectivity index (χ1) is 12.6. The number of oxime groups is 1. The number of carbonyl (C=O) groups excluding carboxylic acids is 1. The molecule has 1 heterocycles. The summed E-state index contributed by atoms with van der Waals surface area (Å²) < 4.78 is 13.4. The molecule has 3 rings (SSSR count). The fourth-order valence-electron chi connectivity index (χ4n) is 2.93. The lowest BCUT2D eigenvalue weighted by atomic mass is 10.0. The van der Waals surface area contributed by atoms with Crippen LogP contribution in [0.5, 0.6) is 0 Å². The van der Waals surface area contributed by atoms with Crippen molar-refractivity contribution >= 4 is 23.2 Å². The molecule has 1 atom stereocenters. The summed E-state index contributed by atoms with van der Waals surface area (Å²) >= 11 is 5.91. The zero-order valence-corrected chi connectivity index (χ0v) is 15.2. The molecule has 0 unspecified atom stereocenters. The highest BCUT2D eigenvalue weighted by atomic mass is 35.5. The fraction of sp³-hybridized carbons (Fsp3) is 0.300. The average Bonchev–Trinajstić information content (AvgIpc) is 3.10. The molecule has 2 aromatic rings. The van der Waals surface area contributed by atoms with Gasteiger partial charge < -0.3 is 9.74 Å². The van der Waals surface area contributed by atoms with E-state index >= 15 is 0 Å². The van der Waals surface area contributed by atoms with E-state index in [4.69, 9.17) is 16.4 Å². The number of hydrogen-bond acceptors (Lipinski definition) is 3. The van der Waals surface area contributed by atoms with Gasteiger partial charge in [0.2, 0.25) is 0 Å². The molecule has 136 valence electrons. The number of benzene rings is 2. The van der Waals surface area contributed by atoms with E-state index in [2.05, 4.69) is 5.16 Å². The molecule has 0 saturated heterocycles. The minimum atomic E-state index is -0.419. The molecule has 26 heavy (non-hydrogen) atoms. The molecule has 0 fully saturated rings. The predicted molar refractivity (Wildman–Crippen MR) is 100 cm³/mol. The van der Waals surface area contributed by atoms with Crippen LogP contribution in [0.2, 0.25) is 5.02 Å². The van der Waals surface area contributed by atoms with E-state index in [9.17, 15) is 9.18 Å². The number of amides is 1. The van der Waals surface area contributed by atoms with Gasteiger partial charge in [0.25, 0.3) is 5.91 Å². The first-order valence-electron chi connectivity index (χ1n) is 8.60. The second-order valence-electron chi connectivity index (χ2n) is 6.24. The Hall–Kier alpha value is -2.40. The maximum absolute atomic E-state index is 13.4. The number of nitrogens with zero attached hydrogens (tertiary/aromatic N) is 2. The van der Waals surface area contributed by atoms with Crippen molar-refractivity contribution in [3.05, 3.63) is 70.5 Å². The van der Waals surface area contributed by atoms with Crippen LogP contribution in [0.15, 0.2) is 53.7 Å². The van der Waals surface area contributed by atoms with Gasteiger partial charge in [0.05, 0.1) is 12.3 Å². The summed E-state index contributed by atoms with van der Waals surface area (Å²) in [4.78, 5) is 19.9. The first-order valence-corrected chi connectivity index (χ1v) is 8.98. The van der Waals surface area contributed by atoms with Crippen molar-refractivity contribution in [2.45, 2.75) is 25.9 Å². The van der Waals surface area contributed by atoms with Crippen molar-refractivity contribution in [3.63, 3.8) is 0 Å². The van der Waals surface area contributed by atoms with Crippen LogP contribution < -0.4 is 0 Å². The van der Waals surface area contributed by atoms with Crippen LogP contribution in [0.3, 0.4) is 0 Å². The van der Waals surface area contributed by atoms with Gasteiger partial charge in [-0.05, 0) is 42.3 Å². The normalized spacial score (nSPS) is 16.1. The summed E-state index contributed by atoms with van der Waals surface area (Å²) in [5.41, 5.74) is 2.13. The van der Waals surface area contributed by atoms with Gasteiger partial charge in [-0.25, -0.2) is 4.39 Å². The summed E-state index contributed by atoms with van der Waals surface area (Å²) in [6.45, 7) is 2.98. The van der Waals surface area contributed by atoms with Crippen molar-refractivity contribution < 1.29 is 14.0 Å². The fourth-order valence-corrected chi connectivity index (χ4v) is 3.06. The summed E-state index contributed by atoms with van der Waals surface area (Å²) in [5, 5.41) is 4.82. The minimum absolute atomic E-state index is 0.199. The van der Waals surface area contributed by atoms with Crippen molar-refractivity contribution in [2.24, 2.45) is 5.16 Å². The van der Waals surface area contributed by atoms with Crippen molar-refractivity contribution in [3.8, 4) is 0 Å². The molecule has 0 bridgehead atoms. The van der Waals surface area contributed by atoms with Gasteiger partial charge in [-0.3, -0.25) is 4.79 Å². The molecule has 2 aromatic carbocycles. The Morgan fingerprint density at radius 3 is 2.77 bits per heavy atom. The summed E-state index contributed by atoms with van der Waals surface area (Å²) in [7, 11) is 0. The third-order valence-corrected chi connectivity index (χ3v) is 4.44. The second kappa shape index (κ2) is 8.32. The van der Waals surface area contributed by atoms with E-state index < -0.39 is 5.82 Å². The van der Waals surface area contributed by atoms with Crippen LogP contribution in [0.25, 0.3) is 0 Å². The Morgan fingerprint density at radius 2 is 2.08 bits per heavy atom. The molecule has 1 aliphatic rings. The van der Waals surface area contributed by atoms with Crippen LogP contribution in [0.1, 0.15) is 35.7 Å². The smallest absolute Gasteiger partial charge is 0.254 e. The van der Waals surface area contributed by atoms with Crippen LogP contribution >= 0.6 is 11.6 Å². The lowest BCUT2D eigenvalue weighted by Crippen LogP contribution is -2.38. The third kappa shape index (κ3) is 4.41. The molecular formula is C20H20ClFN2O2. The van der Waals surface area contributed by atoms with Crippen molar-refractivity contribution in [1.29, 1.82) is 0 Å². The molecule has 6 heteroatoms. The Labute approximate surface area is 157 Å². The number of hydrogen-bond donors (Lipinski definition) is 0. The zero-order valence-electron chi connectivity index (χ0n) is 14.5. The second-order valence-corrected chi connectivity index (χ2v) is 6.67. The predicted octanol–water partition coefficient (Wildman–Crippen LogP) is 4.52. The van der Waals surface area contributed by atoms with Gasteiger partial charge in [-0.1, -0.05) is 41.9 Å². The topological polar surface area (TPSA) is 41.9 Å². The van der Waals surface area contributed by atoms with E-state index in [1.54, 1.807) is 17.0 Å². The van der Waals surface area contributed by atoms with E-state index in [0.29, 0.717) is 30.1 Å². The van der Waals surface area contributed by atoms with E-state index in [-0.39, 0.29) is 12.0 Å². The summed E-state index contributed by atoms with van der Waals surface area (Å²) in [6, 6.07) is 13.2. The molecule has 0 N–H and O–H groups in total. The Balaban J connectivity index is 1.66. The van der Waals surface area contributed by atoms with Crippen molar-refractivity contribution in [2.75, 3.05) is 13.1 Å². The molecule has 0 aliphatic carbocycles. The summed E-state index contributed by atoms with van der Waals surface area (Å²) in [6.07, 6.45) is 1.20. The molecule has 1 aliphatic heterocycles. The van der Waals surface area contributed by atoms with Gasteiger partial charge in [0.1, 0.15) is 5.82 Å². The maximum Gasteiger partial charge on any atom is 0.254 e. The van der Waals surface area contributed by atoms with Crippen LogP contribution in [0.4, 0.5) is 4.39 Å². The molecular weight excluding hydrogens is 355 g/mol. The van der Waals surface area contributed by atoms with Gasteiger partial charge in [-0.15, -0.1) is 0 Å². The van der Waals surface area contributed by atoms with Gasteiger partial charge in [-0.2, -0.15) is 0 Å². The van der Waals surface area contributed by atoms with Gasteiger partial charge >= 0.3 is 0 Å². The lowest BCUT2D eigenvalue weighted by Gasteiger charge is -2.24. The lowest BCUT2D eigenvalue weighted by molar-refractivity contribution is 0.0423. The quantitative estimate of drug-likeness (QED) is 0.745. The molecule has 0 saturated carbocycles. The summed E-state index contributed by atoms with van der Waals surface area (Å²) in [5.74, 6) is -0.618. The number of carbonyl (C=O) groups is 1. The minimum Gasteiger partial charge on any atom is -0.390 e. The van der Waals surface area contributed by atoms with E-state index in [1.165, 1.54) is 12.1 Å². The van der Waals surface area contributed by atoms with Crippen LogP contribution in [-0.2, 0) is 4.84 Å². The van der Waals surface area contributed by atoms with Crippen LogP contribution in [-0.4, -0.2) is 35.7 Å². The SMILES string of the molecule is CCCN(C[C@@H]1CC(c2ccc(Cl)cc2)=NO1)C(=O)c1cccc(F)c1. The highest BCUT2D eigenvalue weighted by Gasteiger charge is 2.27. The molecule has 0 radical (unpaired) electrons. The Kier molecular flexibility index (Phi) is 5.89. The Morgan fingerprint density at radius 1 is 1.31 bits per heavy atom. The first kappa shape index (κ1) is 18.4. The monoisotopic (exact) mass is 374 g/mol. The Bertz CT molecular complexity index is 808. The van der Waals surface area contributed by atoms with Crippen molar-refractivity contribution in [1.82, 2.24) is 4.90 Å². The molecule has 0 aromatic heterocycles. The van der Waals surface area contributed by atoms with E-state index in [1.807, 2.05) is 31.2 Å². The largest absolute Gasteiger partial charge is 0.390 e. The highest BCUT2D eigenvalue weighted by Crippen LogP contribution is 2.20. The highest BCUT2D eigenvalue weighted by molar-refractivity contribution is 6.30. The third-order valence-electron chi connectivity index (χ3n) is 4.19. The zero-order chi connectivity index (χ0) is 18.5. The number of halogens is 2. The standard InChI is InChI=1S/C20H20ClFN2O2/c1-2-10-24(20(25)15-4-3-5-17(22)11-15)13-18-12-19(23-26-18)14-6-8-16(21)9-7-14/h3-9,11,18H,2,10,12-13H2,1H3/t18-/m0/s1. The molecule has 4 nitrogen and oxygen atoms in total. The van der Waals surface area contributed by atoms with Gasteiger partial charge in [0.15, 0.2) is 6.10 Å². The molecule has 0 spiro atoms. The average molecular weight is 375 g/mol. The van der Waals surface area contributed by atoms with E-state index in [0.717, 1.165) is 17.7 Å². The van der Waals surface area contributed by atoms with Crippen LogP contribution in [0, 0.1) is 5.82 Å².